The number of rotatable bonds is 5. The van der Waals surface area contributed by atoms with Crippen LogP contribution in [0.2, 0.25) is 0 Å². The number of benzene rings is 1. The molecule has 0 radical (unpaired) electrons. The van der Waals surface area contributed by atoms with Crippen LogP contribution in [0.4, 0.5) is 0 Å². The Balaban J connectivity index is 2.06. The molecule has 1 saturated carbocycles. The number of carbonyl (C=O) groups is 1. The molecule has 1 aliphatic carbocycles. The minimum absolute atomic E-state index is 0.132. The SMILES string of the molecule is CCN(Cc1cccc(Br)c1)C(=O)[C@@H]1CCC[C@@H]1CN. The summed E-state index contributed by atoms with van der Waals surface area (Å²) in [5.74, 6) is 0.784. The fourth-order valence-electron chi connectivity index (χ4n) is 3.08. The third kappa shape index (κ3) is 3.61. The molecule has 1 fully saturated rings. The van der Waals surface area contributed by atoms with Crippen LogP contribution in [0.1, 0.15) is 31.7 Å². The van der Waals surface area contributed by atoms with Crippen molar-refractivity contribution in [2.75, 3.05) is 13.1 Å². The molecular weight excluding hydrogens is 316 g/mol. The molecule has 2 N–H and O–H groups in total. The molecule has 0 heterocycles. The lowest BCUT2D eigenvalue weighted by Crippen LogP contribution is -2.38. The monoisotopic (exact) mass is 338 g/mol. The molecule has 0 aliphatic heterocycles. The summed E-state index contributed by atoms with van der Waals surface area (Å²) in [6, 6.07) is 8.15. The average molecular weight is 339 g/mol. The molecule has 0 aromatic heterocycles. The maximum absolute atomic E-state index is 12.7. The van der Waals surface area contributed by atoms with Crippen LogP contribution in [0.3, 0.4) is 0 Å². The van der Waals surface area contributed by atoms with Gasteiger partial charge in [-0.05, 0) is 49.9 Å². The molecule has 0 saturated heterocycles. The summed E-state index contributed by atoms with van der Waals surface area (Å²) in [7, 11) is 0. The molecule has 2 atom stereocenters. The maximum Gasteiger partial charge on any atom is 0.226 e. The smallest absolute Gasteiger partial charge is 0.226 e. The highest BCUT2D eigenvalue weighted by Crippen LogP contribution is 2.32. The Morgan fingerprint density at radius 3 is 2.90 bits per heavy atom. The predicted molar refractivity (Wildman–Crippen MR) is 85.1 cm³/mol. The Morgan fingerprint density at radius 2 is 2.25 bits per heavy atom. The Bertz CT molecular complexity index is 464. The third-order valence-corrected chi connectivity index (χ3v) is 4.73. The molecular formula is C16H23BrN2O. The molecule has 1 aliphatic rings. The van der Waals surface area contributed by atoms with Gasteiger partial charge in [0.25, 0.3) is 0 Å². The van der Waals surface area contributed by atoms with Gasteiger partial charge in [-0.2, -0.15) is 0 Å². The first-order valence-corrected chi connectivity index (χ1v) is 8.18. The van der Waals surface area contributed by atoms with Crippen molar-refractivity contribution in [1.29, 1.82) is 0 Å². The number of amides is 1. The Kier molecular flexibility index (Phi) is 5.61. The summed E-state index contributed by atoms with van der Waals surface area (Å²) < 4.78 is 1.05. The first-order chi connectivity index (χ1) is 9.65. The van der Waals surface area contributed by atoms with E-state index < -0.39 is 0 Å². The number of halogens is 1. The van der Waals surface area contributed by atoms with Crippen molar-refractivity contribution in [3.8, 4) is 0 Å². The van der Waals surface area contributed by atoms with E-state index in [-0.39, 0.29) is 11.8 Å². The van der Waals surface area contributed by atoms with Crippen LogP contribution in [-0.2, 0) is 11.3 Å². The summed E-state index contributed by atoms with van der Waals surface area (Å²) in [5.41, 5.74) is 6.96. The number of hydrogen-bond acceptors (Lipinski definition) is 2. The predicted octanol–water partition coefficient (Wildman–Crippen LogP) is 3.17. The van der Waals surface area contributed by atoms with Gasteiger partial charge in [0, 0.05) is 23.5 Å². The lowest BCUT2D eigenvalue weighted by atomic mass is 9.94. The normalized spacial score (nSPS) is 21.9. The quantitative estimate of drug-likeness (QED) is 0.896. The zero-order chi connectivity index (χ0) is 14.5. The summed E-state index contributed by atoms with van der Waals surface area (Å²) in [5, 5.41) is 0. The third-order valence-electron chi connectivity index (χ3n) is 4.23. The largest absolute Gasteiger partial charge is 0.338 e. The Labute approximate surface area is 129 Å². The molecule has 0 unspecified atom stereocenters. The fourth-order valence-corrected chi connectivity index (χ4v) is 3.53. The van der Waals surface area contributed by atoms with Crippen molar-refractivity contribution in [3.05, 3.63) is 34.3 Å². The minimum Gasteiger partial charge on any atom is -0.338 e. The highest BCUT2D eigenvalue weighted by molar-refractivity contribution is 9.10. The second-order valence-electron chi connectivity index (χ2n) is 5.52. The molecule has 0 spiro atoms. The van der Waals surface area contributed by atoms with Gasteiger partial charge in [0.2, 0.25) is 5.91 Å². The Morgan fingerprint density at radius 1 is 1.45 bits per heavy atom. The van der Waals surface area contributed by atoms with Crippen molar-refractivity contribution < 1.29 is 4.79 Å². The molecule has 3 nitrogen and oxygen atoms in total. The molecule has 4 heteroatoms. The van der Waals surface area contributed by atoms with Crippen LogP contribution < -0.4 is 5.73 Å². The lowest BCUT2D eigenvalue weighted by molar-refractivity contribution is -0.137. The average Bonchev–Trinajstić information content (AvgIpc) is 2.92. The number of nitrogens with zero attached hydrogens (tertiary/aromatic N) is 1. The van der Waals surface area contributed by atoms with Gasteiger partial charge in [0.15, 0.2) is 0 Å². The molecule has 0 bridgehead atoms. The van der Waals surface area contributed by atoms with E-state index in [0.717, 1.165) is 35.8 Å². The zero-order valence-electron chi connectivity index (χ0n) is 12.0. The van der Waals surface area contributed by atoms with Crippen molar-refractivity contribution in [2.45, 2.75) is 32.7 Å². The van der Waals surface area contributed by atoms with Crippen LogP contribution in [0.5, 0.6) is 0 Å². The molecule has 20 heavy (non-hydrogen) atoms. The van der Waals surface area contributed by atoms with Gasteiger partial charge in [-0.3, -0.25) is 4.79 Å². The van der Waals surface area contributed by atoms with Gasteiger partial charge in [-0.25, -0.2) is 0 Å². The summed E-state index contributed by atoms with van der Waals surface area (Å²) >= 11 is 3.48. The van der Waals surface area contributed by atoms with E-state index in [1.165, 1.54) is 0 Å². The van der Waals surface area contributed by atoms with Gasteiger partial charge < -0.3 is 10.6 Å². The van der Waals surface area contributed by atoms with E-state index in [1.807, 2.05) is 24.0 Å². The second kappa shape index (κ2) is 7.23. The summed E-state index contributed by atoms with van der Waals surface area (Å²) in [6.45, 7) is 4.11. The molecule has 1 aromatic carbocycles. The van der Waals surface area contributed by atoms with Crippen LogP contribution in [0.25, 0.3) is 0 Å². The van der Waals surface area contributed by atoms with Crippen LogP contribution in [-0.4, -0.2) is 23.9 Å². The maximum atomic E-state index is 12.7. The van der Waals surface area contributed by atoms with E-state index in [2.05, 4.69) is 28.1 Å². The van der Waals surface area contributed by atoms with E-state index in [4.69, 9.17) is 5.73 Å². The zero-order valence-corrected chi connectivity index (χ0v) is 13.6. The lowest BCUT2D eigenvalue weighted by Gasteiger charge is -2.27. The molecule has 110 valence electrons. The topological polar surface area (TPSA) is 46.3 Å². The van der Waals surface area contributed by atoms with E-state index >= 15 is 0 Å². The summed E-state index contributed by atoms with van der Waals surface area (Å²) in [4.78, 5) is 14.7. The van der Waals surface area contributed by atoms with Crippen molar-refractivity contribution in [3.63, 3.8) is 0 Å². The second-order valence-corrected chi connectivity index (χ2v) is 6.43. The molecule has 1 amide bonds. The van der Waals surface area contributed by atoms with Gasteiger partial charge in [0.1, 0.15) is 0 Å². The molecule has 1 aromatic rings. The minimum atomic E-state index is 0.132. The highest BCUT2D eigenvalue weighted by Gasteiger charge is 2.34. The van der Waals surface area contributed by atoms with Crippen LogP contribution in [0, 0.1) is 11.8 Å². The number of carbonyl (C=O) groups excluding carboxylic acids is 1. The fraction of sp³-hybridized carbons (Fsp3) is 0.562. The number of nitrogens with two attached hydrogens (primary N) is 1. The van der Waals surface area contributed by atoms with Gasteiger partial charge in [-0.15, -0.1) is 0 Å². The standard InChI is InChI=1S/C16H23BrN2O/c1-2-19(11-12-5-3-7-14(17)9-12)16(20)15-8-4-6-13(15)10-18/h3,5,7,9,13,15H,2,4,6,8,10-11,18H2,1H3/t13-,15-/m1/s1. The highest BCUT2D eigenvalue weighted by atomic mass is 79.9. The van der Waals surface area contributed by atoms with Crippen molar-refractivity contribution >= 4 is 21.8 Å². The van der Waals surface area contributed by atoms with Crippen LogP contribution in [0.15, 0.2) is 28.7 Å². The Hall–Kier alpha value is -0.870. The first-order valence-electron chi connectivity index (χ1n) is 7.39. The first kappa shape index (κ1) is 15.5. The van der Waals surface area contributed by atoms with E-state index in [0.29, 0.717) is 19.0 Å². The summed E-state index contributed by atoms with van der Waals surface area (Å²) in [6.07, 6.45) is 3.23. The van der Waals surface area contributed by atoms with E-state index in [9.17, 15) is 4.79 Å². The molecule has 2 rings (SSSR count). The van der Waals surface area contributed by atoms with Gasteiger partial charge >= 0.3 is 0 Å². The van der Waals surface area contributed by atoms with Crippen molar-refractivity contribution in [1.82, 2.24) is 4.90 Å². The van der Waals surface area contributed by atoms with Gasteiger partial charge in [-0.1, -0.05) is 34.5 Å². The van der Waals surface area contributed by atoms with E-state index in [1.54, 1.807) is 0 Å². The number of hydrogen-bond donors (Lipinski definition) is 1. The van der Waals surface area contributed by atoms with Crippen LogP contribution >= 0.6 is 15.9 Å². The van der Waals surface area contributed by atoms with Gasteiger partial charge in [0.05, 0.1) is 0 Å². The van der Waals surface area contributed by atoms with Crippen molar-refractivity contribution in [2.24, 2.45) is 17.6 Å².